The normalized spacial score (nSPS) is 12.3. The van der Waals surface area contributed by atoms with Gasteiger partial charge in [-0.2, -0.15) is 8.42 Å². The van der Waals surface area contributed by atoms with E-state index in [1.165, 1.54) is 0 Å². The van der Waals surface area contributed by atoms with Crippen LogP contribution < -0.4 is 9.47 Å². The minimum Gasteiger partial charge on any atom is -0.423 e. The molecule has 0 aromatic heterocycles. The topological polar surface area (TPSA) is 124 Å². The second-order valence-electron chi connectivity index (χ2n) is 3.97. The summed E-state index contributed by atoms with van der Waals surface area (Å²) < 4.78 is 40.7. The predicted octanol–water partition coefficient (Wildman–Crippen LogP) is 0.665. The first-order valence-corrected chi connectivity index (χ1v) is 7.08. The molecular formula is C12H12O8S. The van der Waals surface area contributed by atoms with Gasteiger partial charge in [-0.3, -0.25) is 14.1 Å². The molecule has 1 aromatic carbocycles. The summed E-state index contributed by atoms with van der Waals surface area (Å²) in [6.45, 7) is 2.21. The maximum Gasteiger partial charge on any atom is 0.308 e. The molecule has 1 unspecified atom stereocenters. The maximum absolute atomic E-state index is 11.1. The first kappa shape index (κ1) is 16.8. The molecule has 0 saturated carbocycles. The zero-order chi connectivity index (χ0) is 16.2. The van der Waals surface area contributed by atoms with Crippen LogP contribution in [0.5, 0.6) is 11.5 Å². The van der Waals surface area contributed by atoms with Crippen molar-refractivity contribution in [1.29, 1.82) is 0 Å². The van der Waals surface area contributed by atoms with Crippen LogP contribution in [-0.4, -0.2) is 31.2 Å². The highest BCUT2D eigenvalue weighted by molar-refractivity contribution is 7.86. The highest BCUT2D eigenvalue weighted by atomic mass is 32.2. The summed E-state index contributed by atoms with van der Waals surface area (Å²) >= 11 is 0. The quantitative estimate of drug-likeness (QED) is 0.363. The number of carbonyl (C=O) groups excluding carboxylic acids is 3. The number of ether oxygens (including phenoxy) is 2. The van der Waals surface area contributed by atoms with Crippen LogP contribution in [0.15, 0.2) is 18.2 Å². The van der Waals surface area contributed by atoms with Gasteiger partial charge < -0.3 is 14.3 Å². The van der Waals surface area contributed by atoms with E-state index in [1.54, 1.807) is 0 Å². The van der Waals surface area contributed by atoms with E-state index in [9.17, 15) is 22.8 Å². The lowest BCUT2D eigenvalue weighted by Crippen LogP contribution is -2.14. The summed E-state index contributed by atoms with van der Waals surface area (Å²) in [6.07, 6.45) is 0.0215. The molecule has 0 fully saturated rings. The molecule has 1 atom stereocenters. The first-order chi connectivity index (χ1) is 9.65. The Hall–Kier alpha value is -2.26. The first-order valence-electron chi connectivity index (χ1n) is 5.57. The zero-order valence-electron chi connectivity index (χ0n) is 11.1. The average molecular weight is 316 g/mol. The lowest BCUT2D eigenvalue weighted by molar-refractivity contribution is -0.134. The summed E-state index contributed by atoms with van der Waals surface area (Å²) in [6, 6.07) is 3.32. The number of esters is 2. The number of rotatable bonds is 5. The Labute approximate surface area is 120 Å². The molecule has 0 aliphatic heterocycles. The monoisotopic (exact) mass is 316 g/mol. The van der Waals surface area contributed by atoms with Gasteiger partial charge in [-0.25, -0.2) is 0 Å². The lowest BCUT2D eigenvalue weighted by Gasteiger charge is -2.12. The summed E-state index contributed by atoms with van der Waals surface area (Å²) in [5, 5.41) is -1.84. The van der Waals surface area contributed by atoms with E-state index in [1.807, 2.05) is 0 Å². The number of aldehydes is 1. The van der Waals surface area contributed by atoms with Gasteiger partial charge in [0.05, 0.1) is 0 Å². The molecule has 1 aromatic rings. The number of hydrogen-bond donors (Lipinski definition) is 1. The van der Waals surface area contributed by atoms with Crippen LogP contribution in [0.3, 0.4) is 0 Å². The summed E-state index contributed by atoms with van der Waals surface area (Å²) in [5.41, 5.74) is -0.139. The zero-order valence-corrected chi connectivity index (χ0v) is 11.9. The molecule has 0 aliphatic rings. The Morgan fingerprint density at radius 3 is 2.10 bits per heavy atom. The second-order valence-corrected chi connectivity index (χ2v) is 5.50. The Morgan fingerprint density at radius 1 is 1.14 bits per heavy atom. The van der Waals surface area contributed by atoms with Crippen LogP contribution in [0.2, 0.25) is 0 Å². The van der Waals surface area contributed by atoms with Crippen molar-refractivity contribution >= 4 is 28.3 Å². The van der Waals surface area contributed by atoms with Gasteiger partial charge in [-0.15, -0.1) is 0 Å². The van der Waals surface area contributed by atoms with E-state index < -0.39 is 27.3 Å². The molecule has 1 N–H and O–H groups in total. The van der Waals surface area contributed by atoms with E-state index >= 15 is 0 Å². The van der Waals surface area contributed by atoms with E-state index in [-0.39, 0.29) is 23.3 Å². The average Bonchev–Trinajstić information content (AvgIpc) is 2.30. The maximum atomic E-state index is 11.1. The van der Waals surface area contributed by atoms with Crippen molar-refractivity contribution in [3.05, 3.63) is 23.8 Å². The fourth-order valence-corrected chi connectivity index (χ4v) is 2.13. The molecule has 0 aliphatic carbocycles. The van der Waals surface area contributed by atoms with Crippen molar-refractivity contribution in [2.75, 3.05) is 0 Å². The Bertz CT molecular complexity index is 676. The Balaban J connectivity index is 3.35. The van der Waals surface area contributed by atoms with Gasteiger partial charge in [0.15, 0.2) is 16.7 Å². The van der Waals surface area contributed by atoms with Crippen LogP contribution >= 0.6 is 0 Å². The van der Waals surface area contributed by atoms with Crippen molar-refractivity contribution in [3.8, 4) is 11.5 Å². The van der Waals surface area contributed by atoms with Crippen molar-refractivity contribution in [2.45, 2.75) is 19.1 Å². The van der Waals surface area contributed by atoms with E-state index in [0.717, 1.165) is 32.0 Å². The van der Waals surface area contributed by atoms with Crippen LogP contribution in [0.1, 0.15) is 24.7 Å². The predicted molar refractivity (Wildman–Crippen MR) is 69.4 cm³/mol. The van der Waals surface area contributed by atoms with Crippen molar-refractivity contribution < 1.29 is 36.8 Å². The number of hydrogen-bond acceptors (Lipinski definition) is 7. The van der Waals surface area contributed by atoms with E-state index in [4.69, 9.17) is 14.0 Å². The Morgan fingerprint density at radius 2 is 1.67 bits per heavy atom. The molecule has 0 heterocycles. The molecule has 114 valence electrons. The molecule has 1 rings (SSSR count). The lowest BCUT2D eigenvalue weighted by atomic mass is 10.1. The standard InChI is InChI=1S/C12H12O8S/c1-7(14)19-10-4-3-9(5-11(10)20-8(2)15)12(6-13)21(16,17)18/h3-6,12H,1-2H3,(H,16,17,18). The van der Waals surface area contributed by atoms with Gasteiger partial charge in [0, 0.05) is 13.8 Å². The summed E-state index contributed by atoms with van der Waals surface area (Å²) in [5.74, 6) is -1.79. The van der Waals surface area contributed by atoms with Gasteiger partial charge in [0.1, 0.15) is 6.29 Å². The minimum atomic E-state index is -4.67. The Kier molecular flexibility index (Phi) is 5.17. The highest BCUT2D eigenvalue weighted by Gasteiger charge is 2.26. The molecule has 8 nitrogen and oxygen atoms in total. The molecular weight excluding hydrogens is 304 g/mol. The molecule has 0 amide bonds. The molecule has 21 heavy (non-hydrogen) atoms. The van der Waals surface area contributed by atoms with Gasteiger partial charge in [0.2, 0.25) is 0 Å². The van der Waals surface area contributed by atoms with Crippen molar-refractivity contribution in [3.63, 3.8) is 0 Å². The third-order valence-corrected chi connectivity index (χ3v) is 3.27. The van der Waals surface area contributed by atoms with Gasteiger partial charge in [0.25, 0.3) is 10.1 Å². The van der Waals surface area contributed by atoms with Gasteiger partial charge in [-0.05, 0) is 17.7 Å². The SMILES string of the molecule is CC(=O)Oc1ccc(C(C=O)S(=O)(=O)O)cc1OC(C)=O. The largest absolute Gasteiger partial charge is 0.423 e. The van der Waals surface area contributed by atoms with Crippen LogP contribution in [0, 0.1) is 0 Å². The summed E-state index contributed by atoms with van der Waals surface area (Å²) in [4.78, 5) is 32.7. The van der Waals surface area contributed by atoms with E-state index in [0.29, 0.717) is 0 Å². The third kappa shape index (κ3) is 4.65. The van der Waals surface area contributed by atoms with Crippen LogP contribution in [0.25, 0.3) is 0 Å². The third-order valence-electron chi connectivity index (χ3n) is 2.25. The fourth-order valence-electron chi connectivity index (χ4n) is 1.50. The van der Waals surface area contributed by atoms with Gasteiger partial charge >= 0.3 is 11.9 Å². The number of benzene rings is 1. The summed E-state index contributed by atoms with van der Waals surface area (Å²) in [7, 11) is -4.67. The van der Waals surface area contributed by atoms with Crippen molar-refractivity contribution in [1.82, 2.24) is 0 Å². The van der Waals surface area contributed by atoms with Crippen molar-refractivity contribution in [2.24, 2.45) is 0 Å². The smallest absolute Gasteiger partial charge is 0.308 e. The van der Waals surface area contributed by atoms with Crippen LogP contribution in [0.4, 0.5) is 0 Å². The molecule has 0 bridgehead atoms. The molecule has 0 radical (unpaired) electrons. The molecule has 9 heteroatoms. The molecule has 0 spiro atoms. The van der Waals surface area contributed by atoms with E-state index in [2.05, 4.69) is 0 Å². The fraction of sp³-hybridized carbons (Fsp3) is 0.250. The minimum absolute atomic E-state index is 0.0215. The van der Waals surface area contributed by atoms with Gasteiger partial charge in [-0.1, -0.05) is 6.07 Å². The highest BCUT2D eigenvalue weighted by Crippen LogP contribution is 2.32. The molecule has 0 saturated heterocycles. The number of carbonyl (C=O) groups is 3. The van der Waals surface area contributed by atoms with Crippen LogP contribution in [-0.2, 0) is 24.5 Å². The second kappa shape index (κ2) is 6.46.